The Morgan fingerprint density at radius 1 is 1.33 bits per heavy atom. The van der Waals surface area contributed by atoms with E-state index in [1.54, 1.807) is 0 Å². The van der Waals surface area contributed by atoms with Gasteiger partial charge in [0.1, 0.15) is 0 Å². The summed E-state index contributed by atoms with van der Waals surface area (Å²) in [6.07, 6.45) is 6.80. The van der Waals surface area contributed by atoms with E-state index in [1.807, 2.05) is 0 Å². The van der Waals surface area contributed by atoms with Gasteiger partial charge in [-0.3, -0.25) is 0 Å². The maximum Gasteiger partial charge on any atom is 0.0733 e. The van der Waals surface area contributed by atoms with Crippen molar-refractivity contribution in [3.63, 3.8) is 0 Å². The van der Waals surface area contributed by atoms with Crippen molar-refractivity contribution in [1.82, 2.24) is 5.32 Å². The fourth-order valence-corrected chi connectivity index (χ4v) is 3.26. The molecule has 0 aromatic rings. The van der Waals surface area contributed by atoms with Crippen molar-refractivity contribution in [3.05, 3.63) is 0 Å². The first kappa shape index (κ1) is 16.0. The summed E-state index contributed by atoms with van der Waals surface area (Å²) in [4.78, 5) is 0. The third kappa shape index (κ3) is 4.55. The molecule has 0 aromatic heterocycles. The molecule has 3 atom stereocenters. The summed E-state index contributed by atoms with van der Waals surface area (Å²) >= 11 is 0. The zero-order valence-corrected chi connectivity index (χ0v) is 13.1. The highest BCUT2D eigenvalue weighted by Gasteiger charge is 2.39. The summed E-state index contributed by atoms with van der Waals surface area (Å²) in [5.41, 5.74) is 0.368. The third-order valence-electron chi connectivity index (χ3n) is 4.32. The number of nitrogens with one attached hydrogen (secondary N) is 1. The van der Waals surface area contributed by atoms with Gasteiger partial charge in [0.05, 0.1) is 6.10 Å². The topological polar surface area (TPSA) is 21.3 Å². The minimum atomic E-state index is 0.368. The molecular formula is C16H33NO. The van der Waals surface area contributed by atoms with E-state index in [1.165, 1.54) is 32.1 Å². The molecule has 0 aliphatic heterocycles. The summed E-state index contributed by atoms with van der Waals surface area (Å²) in [6, 6.07) is 0.519. The number of hydrogen-bond acceptors (Lipinski definition) is 2. The van der Waals surface area contributed by atoms with Gasteiger partial charge in [0, 0.05) is 12.6 Å². The predicted octanol–water partition coefficient (Wildman–Crippen LogP) is 4.00. The van der Waals surface area contributed by atoms with E-state index in [4.69, 9.17) is 4.74 Å². The van der Waals surface area contributed by atoms with Gasteiger partial charge < -0.3 is 10.1 Å². The fourth-order valence-electron chi connectivity index (χ4n) is 3.26. The molecule has 1 fully saturated rings. The lowest BCUT2D eigenvalue weighted by Gasteiger charge is -2.44. The first-order valence-corrected chi connectivity index (χ1v) is 7.86. The molecule has 1 saturated carbocycles. The summed E-state index contributed by atoms with van der Waals surface area (Å²) < 4.78 is 6.24. The first-order valence-electron chi connectivity index (χ1n) is 7.86. The molecule has 1 N–H and O–H groups in total. The highest BCUT2D eigenvalue weighted by atomic mass is 16.5. The first-order chi connectivity index (χ1) is 8.51. The summed E-state index contributed by atoms with van der Waals surface area (Å²) in [7, 11) is 0. The van der Waals surface area contributed by atoms with Crippen molar-refractivity contribution < 1.29 is 4.74 Å². The van der Waals surface area contributed by atoms with Gasteiger partial charge >= 0.3 is 0 Å². The molecule has 1 aliphatic rings. The van der Waals surface area contributed by atoms with Crippen LogP contribution in [-0.4, -0.2) is 25.3 Å². The van der Waals surface area contributed by atoms with Crippen molar-refractivity contribution >= 4 is 0 Å². The largest absolute Gasteiger partial charge is 0.376 e. The van der Waals surface area contributed by atoms with Crippen molar-refractivity contribution in [2.24, 2.45) is 11.3 Å². The SMILES string of the molecule is CCCC(C)COC1CCCC(C)(C)C1NCC. The lowest BCUT2D eigenvalue weighted by Crippen LogP contribution is -2.53. The van der Waals surface area contributed by atoms with E-state index >= 15 is 0 Å². The molecule has 1 aliphatic carbocycles. The van der Waals surface area contributed by atoms with E-state index in [9.17, 15) is 0 Å². The number of hydrogen-bond donors (Lipinski definition) is 1. The van der Waals surface area contributed by atoms with Crippen LogP contribution >= 0.6 is 0 Å². The molecule has 0 amide bonds. The van der Waals surface area contributed by atoms with Gasteiger partial charge in [-0.15, -0.1) is 0 Å². The van der Waals surface area contributed by atoms with Crippen LogP contribution < -0.4 is 5.32 Å². The van der Waals surface area contributed by atoms with Crippen LogP contribution in [-0.2, 0) is 4.74 Å². The molecule has 3 unspecified atom stereocenters. The van der Waals surface area contributed by atoms with Crippen LogP contribution in [0, 0.1) is 11.3 Å². The summed E-state index contributed by atoms with van der Waals surface area (Å²) in [5.74, 6) is 0.697. The van der Waals surface area contributed by atoms with Crippen LogP contribution in [0.25, 0.3) is 0 Å². The van der Waals surface area contributed by atoms with Crippen molar-refractivity contribution in [2.45, 2.75) is 78.9 Å². The smallest absolute Gasteiger partial charge is 0.0733 e. The fraction of sp³-hybridized carbons (Fsp3) is 1.00. The second kappa shape index (κ2) is 7.49. The summed E-state index contributed by atoms with van der Waals surface area (Å²) in [5, 5.41) is 3.66. The monoisotopic (exact) mass is 255 g/mol. The van der Waals surface area contributed by atoms with E-state index < -0.39 is 0 Å². The van der Waals surface area contributed by atoms with Crippen LogP contribution in [0.5, 0.6) is 0 Å². The maximum absolute atomic E-state index is 6.24. The molecule has 18 heavy (non-hydrogen) atoms. The Hall–Kier alpha value is -0.0800. The molecule has 2 heteroatoms. The van der Waals surface area contributed by atoms with Crippen LogP contribution in [0.15, 0.2) is 0 Å². The van der Waals surface area contributed by atoms with E-state index in [0.717, 1.165) is 13.2 Å². The van der Waals surface area contributed by atoms with E-state index in [0.29, 0.717) is 23.5 Å². The molecule has 108 valence electrons. The van der Waals surface area contributed by atoms with Crippen molar-refractivity contribution in [2.75, 3.05) is 13.2 Å². The maximum atomic E-state index is 6.24. The van der Waals surface area contributed by atoms with Crippen LogP contribution in [0.3, 0.4) is 0 Å². The lowest BCUT2D eigenvalue weighted by molar-refractivity contribution is -0.0479. The minimum Gasteiger partial charge on any atom is -0.376 e. The van der Waals surface area contributed by atoms with Gasteiger partial charge in [-0.2, -0.15) is 0 Å². The summed E-state index contributed by atoms with van der Waals surface area (Å²) in [6.45, 7) is 13.5. The Morgan fingerprint density at radius 3 is 2.67 bits per heavy atom. The zero-order chi connectivity index (χ0) is 13.6. The van der Waals surface area contributed by atoms with Crippen molar-refractivity contribution in [1.29, 1.82) is 0 Å². The second-order valence-electron chi connectivity index (χ2n) is 6.68. The molecule has 0 saturated heterocycles. The average molecular weight is 255 g/mol. The minimum absolute atomic E-state index is 0.368. The van der Waals surface area contributed by atoms with Crippen LogP contribution in [0.4, 0.5) is 0 Å². The van der Waals surface area contributed by atoms with Gasteiger partial charge in [0.25, 0.3) is 0 Å². The standard InChI is InChI=1S/C16H33NO/c1-6-9-13(3)12-18-14-10-8-11-16(4,5)15(14)17-7-2/h13-15,17H,6-12H2,1-5H3. The van der Waals surface area contributed by atoms with E-state index in [2.05, 4.69) is 39.9 Å². The number of likely N-dealkylation sites (N-methyl/N-ethyl adjacent to an activating group) is 1. The molecule has 2 nitrogen and oxygen atoms in total. The zero-order valence-electron chi connectivity index (χ0n) is 13.1. The van der Waals surface area contributed by atoms with E-state index in [-0.39, 0.29) is 0 Å². The van der Waals surface area contributed by atoms with Gasteiger partial charge in [0.2, 0.25) is 0 Å². The Kier molecular flexibility index (Phi) is 6.65. The third-order valence-corrected chi connectivity index (χ3v) is 4.32. The average Bonchev–Trinajstić information content (AvgIpc) is 2.30. The molecule has 0 bridgehead atoms. The van der Waals surface area contributed by atoms with Gasteiger partial charge in [-0.05, 0) is 37.1 Å². The predicted molar refractivity (Wildman–Crippen MR) is 78.9 cm³/mol. The molecule has 0 radical (unpaired) electrons. The normalized spacial score (nSPS) is 29.2. The Bertz CT molecular complexity index is 227. The molecule has 1 rings (SSSR count). The Morgan fingerprint density at radius 2 is 2.06 bits per heavy atom. The lowest BCUT2D eigenvalue weighted by atomic mass is 9.71. The highest BCUT2D eigenvalue weighted by molar-refractivity contribution is 4.94. The van der Waals surface area contributed by atoms with Crippen molar-refractivity contribution in [3.8, 4) is 0 Å². The Labute approximate surface area is 114 Å². The molecular weight excluding hydrogens is 222 g/mol. The van der Waals surface area contributed by atoms with Gasteiger partial charge in [-0.1, -0.05) is 47.5 Å². The number of rotatable bonds is 7. The van der Waals surface area contributed by atoms with Gasteiger partial charge in [0.15, 0.2) is 0 Å². The quantitative estimate of drug-likeness (QED) is 0.742. The van der Waals surface area contributed by atoms with Crippen LogP contribution in [0.2, 0.25) is 0 Å². The molecule has 0 aromatic carbocycles. The van der Waals surface area contributed by atoms with Gasteiger partial charge in [-0.25, -0.2) is 0 Å². The number of ether oxygens (including phenoxy) is 1. The molecule has 0 spiro atoms. The Balaban J connectivity index is 2.50. The highest BCUT2D eigenvalue weighted by Crippen LogP contribution is 2.37. The molecule has 0 heterocycles. The van der Waals surface area contributed by atoms with Crippen LogP contribution in [0.1, 0.15) is 66.7 Å². The second-order valence-corrected chi connectivity index (χ2v) is 6.68.